The molecule has 0 atom stereocenters. The van der Waals surface area contributed by atoms with Crippen molar-refractivity contribution >= 4 is 66.7 Å². The average molecular weight is 547 g/mol. The van der Waals surface area contributed by atoms with E-state index in [1.165, 1.54) is 12.8 Å². The van der Waals surface area contributed by atoms with E-state index in [2.05, 4.69) is 42.5 Å². The maximum absolute atomic E-state index is 11.6. The maximum atomic E-state index is 11.6. The van der Waals surface area contributed by atoms with Gasteiger partial charge in [0.25, 0.3) is 0 Å². The van der Waals surface area contributed by atoms with Gasteiger partial charge in [0.1, 0.15) is 18.8 Å². The Hall–Kier alpha value is -1.77. The van der Waals surface area contributed by atoms with Gasteiger partial charge >= 0.3 is 5.97 Å². The molecule has 0 saturated heterocycles. The van der Waals surface area contributed by atoms with E-state index in [9.17, 15) is 9.59 Å². The summed E-state index contributed by atoms with van der Waals surface area (Å²) in [6, 6.07) is 9.07. The highest BCUT2D eigenvalue weighted by Gasteiger charge is 2.20. The van der Waals surface area contributed by atoms with Gasteiger partial charge in [-0.1, -0.05) is 11.6 Å². The summed E-state index contributed by atoms with van der Waals surface area (Å²) < 4.78 is 7.17. The van der Waals surface area contributed by atoms with E-state index in [0.29, 0.717) is 32.0 Å². The van der Waals surface area contributed by atoms with E-state index in [0.717, 1.165) is 23.7 Å². The highest BCUT2D eigenvalue weighted by Crippen LogP contribution is 2.37. The third-order valence-electron chi connectivity index (χ3n) is 4.23. The molecule has 0 radical (unpaired) electrons. The number of benzene rings is 2. The van der Waals surface area contributed by atoms with Gasteiger partial charge in [-0.15, -0.1) is 0 Å². The van der Waals surface area contributed by atoms with Crippen molar-refractivity contribution in [3.05, 3.63) is 49.9 Å². The minimum absolute atomic E-state index is 0.306. The van der Waals surface area contributed by atoms with E-state index in [1.807, 2.05) is 18.2 Å². The fourth-order valence-electron chi connectivity index (χ4n) is 2.69. The van der Waals surface area contributed by atoms with Crippen molar-refractivity contribution in [1.29, 1.82) is 0 Å². The highest BCUT2D eigenvalue weighted by molar-refractivity contribution is 9.11. The van der Waals surface area contributed by atoms with E-state index < -0.39 is 18.3 Å². The summed E-state index contributed by atoms with van der Waals surface area (Å²) in [5.74, 6) is -0.466. The zero-order valence-corrected chi connectivity index (χ0v) is 19.2. The van der Waals surface area contributed by atoms with Crippen LogP contribution < -0.4 is 15.4 Å². The number of carboxylic acids is 1. The monoisotopic (exact) mass is 544 g/mol. The predicted octanol–water partition coefficient (Wildman–Crippen LogP) is 5.68. The van der Waals surface area contributed by atoms with Crippen LogP contribution in [0.25, 0.3) is 0 Å². The Morgan fingerprint density at radius 3 is 2.41 bits per heavy atom. The summed E-state index contributed by atoms with van der Waals surface area (Å²) in [5, 5.41) is 15.3. The smallest absolute Gasteiger partial charge is 0.312 e. The molecule has 0 aromatic heterocycles. The Kier molecular flexibility index (Phi) is 7.43. The van der Waals surface area contributed by atoms with Crippen LogP contribution in [-0.2, 0) is 16.2 Å². The van der Waals surface area contributed by atoms with Gasteiger partial charge in [-0.25, -0.2) is 0 Å². The molecule has 6 nitrogen and oxygen atoms in total. The second-order valence-electron chi connectivity index (χ2n) is 6.85. The van der Waals surface area contributed by atoms with Gasteiger partial charge in [0.15, 0.2) is 0 Å². The number of ether oxygens (including phenoxy) is 1. The Morgan fingerprint density at radius 2 is 1.79 bits per heavy atom. The molecule has 2 aromatic rings. The van der Waals surface area contributed by atoms with E-state index >= 15 is 0 Å². The van der Waals surface area contributed by atoms with E-state index in [-0.39, 0.29) is 0 Å². The normalized spacial score (nSPS) is 13.1. The molecular formula is C20H19Br2ClN2O4. The molecule has 3 N–H and O–H groups in total. The Morgan fingerprint density at radius 1 is 1.10 bits per heavy atom. The Balaban J connectivity index is 1.65. The van der Waals surface area contributed by atoms with Crippen LogP contribution in [0.3, 0.4) is 0 Å². The van der Waals surface area contributed by atoms with Crippen molar-refractivity contribution in [2.24, 2.45) is 5.92 Å². The molecule has 154 valence electrons. The quantitative estimate of drug-likeness (QED) is 0.353. The van der Waals surface area contributed by atoms with Crippen LogP contribution in [0.15, 0.2) is 39.3 Å². The number of halogens is 3. The number of nitrogens with one attached hydrogen (secondary N) is 2. The molecule has 0 heterocycles. The van der Waals surface area contributed by atoms with Gasteiger partial charge in [-0.3, -0.25) is 9.59 Å². The fraction of sp³-hybridized carbons (Fsp3) is 0.300. The number of hydrogen-bond donors (Lipinski definition) is 3. The summed E-state index contributed by atoms with van der Waals surface area (Å²) in [6.45, 7) is 1.26. The van der Waals surface area contributed by atoms with Crippen LogP contribution in [0.2, 0.25) is 5.02 Å². The molecule has 0 spiro atoms. The molecule has 3 rings (SSSR count). The fourth-order valence-corrected chi connectivity index (χ4v) is 4.36. The first kappa shape index (κ1) is 21.9. The minimum Gasteiger partial charge on any atom is -0.487 e. The lowest BCUT2D eigenvalue weighted by molar-refractivity contribution is -0.139. The maximum Gasteiger partial charge on any atom is 0.312 e. The van der Waals surface area contributed by atoms with Crippen LogP contribution in [-0.4, -0.2) is 23.5 Å². The number of anilines is 2. The van der Waals surface area contributed by atoms with Crippen molar-refractivity contribution in [3.63, 3.8) is 0 Å². The number of aliphatic carboxylic acids is 1. The molecule has 1 fully saturated rings. The molecule has 0 aliphatic heterocycles. The van der Waals surface area contributed by atoms with Gasteiger partial charge in [0, 0.05) is 22.9 Å². The molecule has 1 aliphatic rings. The molecule has 1 saturated carbocycles. The second-order valence-corrected chi connectivity index (χ2v) is 8.99. The molecule has 0 bridgehead atoms. The van der Waals surface area contributed by atoms with E-state index in [1.54, 1.807) is 12.1 Å². The van der Waals surface area contributed by atoms with Crippen molar-refractivity contribution in [2.75, 3.05) is 17.2 Å². The Labute approximate surface area is 190 Å². The van der Waals surface area contributed by atoms with Crippen LogP contribution in [0.4, 0.5) is 11.4 Å². The first-order valence-corrected chi connectivity index (χ1v) is 10.9. The first-order chi connectivity index (χ1) is 13.8. The number of carbonyl (C=O) groups excluding carboxylic acids is 1. The number of carboxylic acid groups (broad SMARTS) is 1. The number of hydrogen-bond acceptors (Lipinski definition) is 4. The van der Waals surface area contributed by atoms with E-state index in [4.69, 9.17) is 21.4 Å². The van der Waals surface area contributed by atoms with Crippen LogP contribution in [0, 0.1) is 5.92 Å². The summed E-state index contributed by atoms with van der Waals surface area (Å²) in [6.07, 6.45) is 1.95. The van der Waals surface area contributed by atoms with Crippen molar-refractivity contribution in [1.82, 2.24) is 0 Å². The lowest BCUT2D eigenvalue weighted by atomic mass is 10.2. The van der Waals surface area contributed by atoms with Crippen LogP contribution in [0.5, 0.6) is 5.75 Å². The SMILES string of the molecule is O=C(O)CC(=O)Nc1cc(Br)c(OCc2cc(Cl)cc(NCC3CC3)c2)c(Br)c1. The third-order valence-corrected chi connectivity index (χ3v) is 5.62. The van der Waals surface area contributed by atoms with Crippen molar-refractivity contribution in [2.45, 2.75) is 25.9 Å². The zero-order chi connectivity index (χ0) is 21.0. The van der Waals surface area contributed by atoms with Gasteiger partial charge < -0.3 is 20.5 Å². The van der Waals surface area contributed by atoms with Crippen molar-refractivity contribution in [3.8, 4) is 5.75 Å². The summed E-state index contributed by atoms with van der Waals surface area (Å²) in [5.41, 5.74) is 2.35. The van der Waals surface area contributed by atoms with Gasteiger partial charge in [0.05, 0.1) is 8.95 Å². The molecule has 29 heavy (non-hydrogen) atoms. The lowest BCUT2D eigenvalue weighted by Gasteiger charge is -2.14. The van der Waals surface area contributed by atoms with Gasteiger partial charge in [-0.05, 0) is 86.5 Å². The van der Waals surface area contributed by atoms with Crippen LogP contribution >= 0.6 is 43.5 Å². The molecule has 9 heteroatoms. The predicted molar refractivity (Wildman–Crippen MR) is 120 cm³/mol. The number of rotatable bonds is 9. The summed E-state index contributed by atoms with van der Waals surface area (Å²) in [7, 11) is 0. The number of amides is 1. The summed E-state index contributed by atoms with van der Waals surface area (Å²) >= 11 is 13.1. The zero-order valence-electron chi connectivity index (χ0n) is 15.3. The molecule has 1 amide bonds. The minimum atomic E-state index is -1.19. The lowest BCUT2D eigenvalue weighted by Crippen LogP contribution is -2.16. The second kappa shape index (κ2) is 9.82. The third kappa shape index (κ3) is 6.90. The largest absolute Gasteiger partial charge is 0.487 e. The summed E-state index contributed by atoms with van der Waals surface area (Å²) in [4.78, 5) is 22.3. The van der Waals surface area contributed by atoms with Gasteiger partial charge in [0.2, 0.25) is 5.91 Å². The average Bonchev–Trinajstić information content (AvgIpc) is 3.42. The van der Waals surface area contributed by atoms with Crippen molar-refractivity contribution < 1.29 is 19.4 Å². The Bertz CT molecular complexity index is 912. The molecule has 1 aliphatic carbocycles. The molecule has 0 unspecified atom stereocenters. The first-order valence-electron chi connectivity index (χ1n) is 8.97. The standard InChI is InChI=1S/C20H19Br2ClN2O4/c21-16-6-15(25-18(26)8-19(27)28)7-17(22)20(16)29-10-12-3-13(23)5-14(4-12)24-9-11-1-2-11/h3-7,11,24H,1-2,8-10H2,(H,25,26)(H,27,28). The van der Waals surface area contributed by atoms with Gasteiger partial charge in [-0.2, -0.15) is 0 Å². The topological polar surface area (TPSA) is 87.7 Å². The number of carbonyl (C=O) groups is 2. The van der Waals surface area contributed by atoms with Crippen LogP contribution in [0.1, 0.15) is 24.8 Å². The highest BCUT2D eigenvalue weighted by atomic mass is 79.9. The molecular weight excluding hydrogens is 527 g/mol. The molecule has 2 aromatic carbocycles.